The molecular formula is C13H10N2O4S2. The van der Waals surface area contributed by atoms with Crippen LogP contribution >= 0.6 is 23.1 Å². The molecule has 1 aromatic carbocycles. The van der Waals surface area contributed by atoms with Crippen LogP contribution in [0.3, 0.4) is 0 Å². The molecule has 0 unspecified atom stereocenters. The van der Waals surface area contributed by atoms with Crippen molar-refractivity contribution in [2.24, 2.45) is 0 Å². The molecule has 2 heterocycles. The minimum atomic E-state index is -0.723. The minimum Gasteiger partial charge on any atom is -0.325 e. The van der Waals surface area contributed by atoms with Gasteiger partial charge in [-0.1, -0.05) is 11.8 Å². The lowest BCUT2D eigenvalue weighted by Gasteiger charge is -2.12. The average molecular weight is 322 g/mol. The molecule has 6 nitrogen and oxygen atoms in total. The first-order valence-corrected chi connectivity index (χ1v) is 8.15. The molecule has 8 heteroatoms. The molecular weight excluding hydrogens is 312 g/mol. The van der Waals surface area contributed by atoms with Gasteiger partial charge in [0.15, 0.2) is 4.34 Å². The number of hydrogen-bond acceptors (Lipinski definition) is 7. The molecule has 0 spiro atoms. The molecule has 21 heavy (non-hydrogen) atoms. The summed E-state index contributed by atoms with van der Waals surface area (Å²) in [4.78, 5) is 44.1. The predicted molar refractivity (Wildman–Crippen MR) is 77.9 cm³/mol. The van der Waals surface area contributed by atoms with Crippen LogP contribution in [-0.4, -0.2) is 34.1 Å². The van der Waals surface area contributed by atoms with Crippen LogP contribution < -0.4 is 0 Å². The van der Waals surface area contributed by atoms with Gasteiger partial charge in [-0.3, -0.25) is 9.59 Å². The summed E-state index contributed by atoms with van der Waals surface area (Å²) in [6.07, 6.45) is 2.09. The Bertz CT molecular complexity index is 740. The molecule has 3 rings (SSSR count). The topological polar surface area (TPSA) is 76.6 Å². The molecule has 0 bridgehead atoms. The van der Waals surface area contributed by atoms with Gasteiger partial charge in [0.05, 0.1) is 15.8 Å². The number of aromatic nitrogens is 1. The predicted octanol–water partition coefficient (Wildman–Crippen LogP) is 2.24. The highest BCUT2D eigenvalue weighted by molar-refractivity contribution is 8.00. The van der Waals surface area contributed by atoms with Crippen molar-refractivity contribution < 1.29 is 19.2 Å². The lowest BCUT2D eigenvalue weighted by atomic mass is 10.2. The summed E-state index contributed by atoms with van der Waals surface area (Å²) < 4.78 is 1.76. The van der Waals surface area contributed by atoms with Crippen molar-refractivity contribution in [1.29, 1.82) is 0 Å². The Labute approximate surface area is 128 Å². The van der Waals surface area contributed by atoms with E-state index >= 15 is 0 Å². The molecule has 2 amide bonds. The quantitative estimate of drug-likeness (QED) is 0.637. The van der Waals surface area contributed by atoms with Gasteiger partial charge in [0.2, 0.25) is 0 Å². The van der Waals surface area contributed by atoms with E-state index < -0.39 is 17.8 Å². The van der Waals surface area contributed by atoms with Crippen molar-refractivity contribution in [3.05, 3.63) is 23.8 Å². The largest absolute Gasteiger partial charge is 0.363 e. The summed E-state index contributed by atoms with van der Waals surface area (Å²) in [7, 11) is 0. The first-order chi connectivity index (χ1) is 10.1. The summed E-state index contributed by atoms with van der Waals surface area (Å²) in [6.45, 7) is 0. The van der Waals surface area contributed by atoms with Gasteiger partial charge in [-0.15, -0.1) is 16.4 Å². The van der Waals surface area contributed by atoms with Crippen molar-refractivity contribution in [3.8, 4) is 0 Å². The SMILES string of the molecule is CSc1nc2ccc(C(=O)ON3C(=O)CCC3=O)cc2s1. The number of nitrogens with zero attached hydrogens (tertiary/aromatic N) is 2. The van der Waals surface area contributed by atoms with Crippen LogP contribution in [0.5, 0.6) is 0 Å². The highest BCUT2D eigenvalue weighted by Crippen LogP contribution is 2.29. The Morgan fingerprint density at radius 3 is 2.71 bits per heavy atom. The third kappa shape index (κ3) is 2.64. The highest BCUT2D eigenvalue weighted by Gasteiger charge is 2.33. The van der Waals surface area contributed by atoms with Crippen molar-refractivity contribution in [3.63, 3.8) is 0 Å². The van der Waals surface area contributed by atoms with Crippen molar-refractivity contribution in [2.75, 3.05) is 6.26 Å². The van der Waals surface area contributed by atoms with Gasteiger partial charge in [0, 0.05) is 12.8 Å². The Morgan fingerprint density at radius 1 is 1.33 bits per heavy atom. The van der Waals surface area contributed by atoms with Gasteiger partial charge in [-0.2, -0.15) is 0 Å². The van der Waals surface area contributed by atoms with Crippen LogP contribution in [0.4, 0.5) is 0 Å². The summed E-state index contributed by atoms with van der Waals surface area (Å²) in [5.41, 5.74) is 1.08. The van der Waals surface area contributed by atoms with Crippen LogP contribution in [0.25, 0.3) is 10.2 Å². The highest BCUT2D eigenvalue weighted by atomic mass is 32.2. The van der Waals surface area contributed by atoms with E-state index in [2.05, 4.69) is 4.98 Å². The van der Waals surface area contributed by atoms with Gasteiger partial charge >= 0.3 is 5.97 Å². The molecule has 0 aliphatic carbocycles. The summed E-state index contributed by atoms with van der Waals surface area (Å²) in [5, 5.41) is 0.548. The summed E-state index contributed by atoms with van der Waals surface area (Å²) in [6, 6.07) is 4.94. The molecule has 1 aliphatic heterocycles. The van der Waals surface area contributed by atoms with Gasteiger partial charge < -0.3 is 4.84 Å². The van der Waals surface area contributed by atoms with E-state index in [-0.39, 0.29) is 18.4 Å². The number of fused-ring (bicyclic) bond motifs is 1. The second kappa shape index (κ2) is 5.45. The number of hydroxylamine groups is 2. The Balaban J connectivity index is 1.84. The zero-order valence-corrected chi connectivity index (χ0v) is 12.6. The average Bonchev–Trinajstić information content (AvgIpc) is 3.03. The maximum absolute atomic E-state index is 12.0. The van der Waals surface area contributed by atoms with E-state index in [4.69, 9.17) is 4.84 Å². The number of hydrogen-bond donors (Lipinski definition) is 0. The Kier molecular flexibility index (Phi) is 3.64. The zero-order valence-electron chi connectivity index (χ0n) is 11.0. The molecule has 0 atom stereocenters. The lowest BCUT2D eigenvalue weighted by molar-refractivity contribution is -0.172. The van der Waals surface area contributed by atoms with Crippen molar-refractivity contribution in [1.82, 2.24) is 10.0 Å². The molecule has 108 valence electrons. The van der Waals surface area contributed by atoms with Crippen LogP contribution in [0.15, 0.2) is 22.5 Å². The number of thioether (sulfide) groups is 1. The fraction of sp³-hybridized carbons (Fsp3) is 0.231. The fourth-order valence-corrected chi connectivity index (χ4v) is 3.44. The van der Waals surface area contributed by atoms with E-state index in [1.807, 2.05) is 6.26 Å². The molecule has 0 radical (unpaired) electrons. The van der Waals surface area contributed by atoms with Crippen molar-refractivity contribution >= 4 is 51.1 Å². The van der Waals surface area contributed by atoms with E-state index in [0.29, 0.717) is 5.06 Å². The third-order valence-corrected chi connectivity index (χ3v) is 4.96. The molecule has 0 saturated carbocycles. The lowest BCUT2D eigenvalue weighted by Crippen LogP contribution is -2.32. The van der Waals surface area contributed by atoms with Crippen LogP contribution in [-0.2, 0) is 14.4 Å². The zero-order chi connectivity index (χ0) is 15.0. The van der Waals surface area contributed by atoms with Gasteiger partial charge in [-0.25, -0.2) is 9.78 Å². The Hall–Kier alpha value is -1.93. The second-order valence-corrected chi connectivity index (χ2v) is 6.41. The number of imide groups is 1. The molecule has 2 aromatic rings. The van der Waals surface area contributed by atoms with Crippen LogP contribution in [0.2, 0.25) is 0 Å². The van der Waals surface area contributed by atoms with E-state index in [1.54, 1.807) is 18.2 Å². The smallest absolute Gasteiger partial charge is 0.325 e. The van der Waals surface area contributed by atoms with Crippen LogP contribution in [0, 0.1) is 0 Å². The standard InChI is InChI=1S/C13H10N2O4S2/c1-20-13-14-8-3-2-7(6-9(8)21-13)12(18)19-15-10(16)4-5-11(15)17/h2-3,6H,4-5H2,1H3. The maximum Gasteiger partial charge on any atom is 0.363 e. The number of thiazole rings is 1. The van der Waals surface area contributed by atoms with Gasteiger partial charge in [0.25, 0.3) is 11.8 Å². The van der Waals surface area contributed by atoms with Gasteiger partial charge in [0.1, 0.15) is 0 Å². The normalized spacial score (nSPS) is 15.0. The first-order valence-electron chi connectivity index (χ1n) is 6.11. The van der Waals surface area contributed by atoms with E-state index in [9.17, 15) is 14.4 Å². The van der Waals surface area contributed by atoms with E-state index in [0.717, 1.165) is 14.6 Å². The van der Waals surface area contributed by atoms with Gasteiger partial charge in [-0.05, 0) is 24.5 Å². The van der Waals surface area contributed by atoms with Crippen molar-refractivity contribution in [2.45, 2.75) is 17.2 Å². The summed E-state index contributed by atoms with van der Waals surface area (Å²) >= 11 is 3.00. The van der Waals surface area contributed by atoms with Crippen LogP contribution in [0.1, 0.15) is 23.2 Å². The maximum atomic E-state index is 12.0. The third-order valence-electron chi connectivity index (χ3n) is 2.96. The number of rotatable bonds is 3. The first kappa shape index (κ1) is 14.0. The molecule has 1 aromatic heterocycles. The molecule has 1 fully saturated rings. The minimum absolute atomic E-state index is 0.0804. The monoisotopic (exact) mass is 322 g/mol. The molecule has 1 aliphatic rings. The number of amides is 2. The molecule has 1 saturated heterocycles. The number of carbonyl (C=O) groups excluding carboxylic acids is 3. The second-order valence-electron chi connectivity index (χ2n) is 4.33. The Morgan fingerprint density at radius 2 is 2.05 bits per heavy atom. The number of carbonyl (C=O) groups is 3. The summed E-state index contributed by atoms with van der Waals surface area (Å²) in [5.74, 6) is -1.70. The fourth-order valence-electron chi connectivity index (χ4n) is 1.91. The van der Waals surface area contributed by atoms with E-state index in [1.165, 1.54) is 23.1 Å². The number of benzene rings is 1. The molecule has 0 N–H and O–H groups in total.